The van der Waals surface area contributed by atoms with E-state index in [1.807, 2.05) is 0 Å². The maximum atomic E-state index is 11.4. The zero-order valence-electron chi connectivity index (χ0n) is 9.93. The molecule has 0 aliphatic heterocycles. The normalized spacial score (nSPS) is 12.3. The zero-order chi connectivity index (χ0) is 13.9. The Hall–Kier alpha value is -1.07. The number of carboxylic acid groups (broad SMARTS) is 1. The van der Waals surface area contributed by atoms with Crippen LogP contribution in [0.1, 0.15) is 25.5 Å². The molecule has 18 heavy (non-hydrogen) atoms. The molecule has 1 aromatic rings. The van der Waals surface area contributed by atoms with Crippen LogP contribution in [0.4, 0.5) is 0 Å². The summed E-state index contributed by atoms with van der Waals surface area (Å²) in [6.07, 6.45) is 0.538. The van der Waals surface area contributed by atoms with E-state index in [1.165, 1.54) is 4.90 Å². The number of amides is 1. The predicted octanol–water partition coefficient (Wildman–Crippen LogP) is 3.10. The van der Waals surface area contributed by atoms with Crippen LogP contribution in [0.3, 0.4) is 0 Å². The molecule has 98 valence electrons. The summed E-state index contributed by atoms with van der Waals surface area (Å²) in [6, 6.07) is 3.57. The minimum atomic E-state index is -1.10. The topological polar surface area (TPSA) is 57.6 Å². The first kappa shape index (κ1) is 15.0. The molecule has 1 N–H and O–H groups in total. The van der Waals surface area contributed by atoms with Gasteiger partial charge in [0.25, 0.3) is 0 Å². The smallest absolute Gasteiger partial charge is 0.331 e. The first-order valence-electron chi connectivity index (χ1n) is 5.29. The minimum absolute atomic E-state index is 0.227. The third kappa shape index (κ3) is 3.23. The number of halogens is 2. The lowest BCUT2D eigenvalue weighted by Gasteiger charge is -2.29. The molecule has 6 heteroatoms. The van der Waals surface area contributed by atoms with Crippen LogP contribution in [0.2, 0.25) is 5.02 Å². The molecular formula is C12H13BrClNO3. The van der Waals surface area contributed by atoms with Gasteiger partial charge in [-0.1, -0.05) is 27.5 Å². The first-order chi connectivity index (χ1) is 8.38. The number of aliphatic carboxylic acids is 1. The second kappa shape index (κ2) is 6.20. The van der Waals surface area contributed by atoms with Gasteiger partial charge in [0.05, 0.1) is 0 Å². The molecule has 1 atom stereocenters. The molecule has 0 fully saturated rings. The van der Waals surface area contributed by atoms with Crippen molar-refractivity contribution < 1.29 is 14.7 Å². The summed E-state index contributed by atoms with van der Waals surface area (Å²) in [5, 5.41) is 9.75. The molecule has 0 spiro atoms. The summed E-state index contributed by atoms with van der Waals surface area (Å²) < 4.78 is 0.604. The van der Waals surface area contributed by atoms with Gasteiger partial charge in [0, 0.05) is 21.1 Å². The highest BCUT2D eigenvalue weighted by atomic mass is 79.9. The third-order valence-electron chi connectivity index (χ3n) is 2.50. The summed E-state index contributed by atoms with van der Waals surface area (Å²) in [5.41, 5.74) is 0.454. The Labute approximate surface area is 119 Å². The lowest BCUT2D eigenvalue weighted by atomic mass is 10.0. The van der Waals surface area contributed by atoms with Gasteiger partial charge in [0.2, 0.25) is 6.41 Å². The highest BCUT2D eigenvalue weighted by Gasteiger charge is 2.30. The van der Waals surface area contributed by atoms with E-state index >= 15 is 0 Å². The molecule has 4 nitrogen and oxygen atoms in total. The Kier molecular flexibility index (Phi) is 5.16. The number of carbonyl (C=O) groups is 2. The molecule has 1 aromatic carbocycles. The van der Waals surface area contributed by atoms with E-state index in [0.717, 1.165) is 0 Å². The summed E-state index contributed by atoms with van der Waals surface area (Å²) in [4.78, 5) is 23.7. The molecule has 1 rings (SSSR count). The number of hydrogen-bond acceptors (Lipinski definition) is 2. The van der Waals surface area contributed by atoms with Gasteiger partial charge in [-0.2, -0.15) is 0 Å². The minimum Gasteiger partial charge on any atom is -0.479 e. The van der Waals surface area contributed by atoms with Gasteiger partial charge < -0.3 is 10.0 Å². The number of rotatable bonds is 5. The van der Waals surface area contributed by atoms with Crippen LogP contribution in [0, 0.1) is 0 Å². The predicted molar refractivity (Wildman–Crippen MR) is 72.6 cm³/mol. The van der Waals surface area contributed by atoms with E-state index < -0.39 is 12.0 Å². The van der Waals surface area contributed by atoms with Gasteiger partial charge in [0.15, 0.2) is 6.04 Å². The van der Waals surface area contributed by atoms with E-state index in [2.05, 4.69) is 15.9 Å². The molecule has 1 amide bonds. The molecule has 0 saturated carbocycles. The monoisotopic (exact) mass is 333 g/mol. The van der Waals surface area contributed by atoms with Gasteiger partial charge >= 0.3 is 5.97 Å². The fourth-order valence-electron chi connectivity index (χ4n) is 1.63. The van der Waals surface area contributed by atoms with E-state index in [4.69, 9.17) is 11.6 Å². The van der Waals surface area contributed by atoms with Crippen molar-refractivity contribution in [1.82, 2.24) is 4.90 Å². The van der Waals surface area contributed by atoms with Crippen LogP contribution in [-0.4, -0.2) is 28.4 Å². The van der Waals surface area contributed by atoms with E-state index in [-0.39, 0.29) is 6.04 Å². The number of hydrogen-bond donors (Lipinski definition) is 1. The molecule has 0 heterocycles. The van der Waals surface area contributed by atoms with Crippen molar-refractivity contribution in [1.29, 1.82) is 0 Å². The molecular weight excluding hydrogens is 321 g/mol. The fraction of sp³-hybridized carbons (Fsp3) is 0.333. The Morgan fingerprint density at radius 3 is 2.56 bits per heavy atom. The zero-order valence-corrected chi connectivity index (χ0v) is 12.3. The molecule has 0 saturated heterocycles. The van der Waals surface area contributed by atoms with Gasteiger partial charge in [-0.15, -0.1) is 0 Å². The third-order valence-corrected chi connectivity index (χ3v) is 3.46. The second-order valence-electron chi connectivity index (χ2n) is 4.05. The second-order valence-corrected chi connectivity index (χ2v) is 5.34. The quantitative estimate of drug-likeness (QED) is 0.842. The van der Waals surface area contributed by atoms with Crippen molar-refractivity contribution >= 4 is 39.9 Å². The van der Waals surface area contributed by atoms with Crippen molar-refractivity contribution in [2.45, 2.75) is 25.9 Å². The van der Waals surface area contributed by atoms with Crippen LogP contribution in [-0.2, 0) is 9.59 Å². The van der Waals surface area contributed by atoms with Gasteiger partial charge in [0.1, 0.15) is 0 Å². The Balaban J connectivity index is 3.31. The van der Waals surface area contributed by atoms with Gasteiger partial charge in [-0.3, -0.25) is 4.79 Å². The van der Waals surface area contributed by atoms with Crippen LogP contribution in [0.15, 0.2) is 22.7 Å². The van der Waals surface area contributed by atoms with Gasteiger partial charge in [-0.05, 0) is 32.0 Å². The van der Waals surface area contributed by atoms with Crippen molar-refractivity contribution in [3.63, 3.8) is 0 Å². The number of nitrogens with zero attached hydrogens (tertiary/aromatic N) is 1. The van der Waals surface area contributed by atoms with Crippen LogP contribution in [0.5, 0.6) is 0 Å². The summed E-state index contributed by atoms with van der Waals surface area (Å²) >= 11 is 9.15. The highest BCUT2D eigenvalue weighted by Crippen LogP contribution is 2.31. The number of benzene rings is 1. The maximum absolute atomic E-state index is 11.4. The molecule has 1 unspecified atom stereocenters. The maximum Gasteiger partial charge on any atom is 0.331 e. The molecule has 0 radical (unpaired) electrons. The van der Waals surface area contributed by atoms with Crippen molar-refractivity contribution in [2.24, 2.45) is 0 Å². The average molecular weight is 335 g/mol. The standard InChI is InChI=1S/C12H13BrClNO3/c1-7(2)15(6-16)11(12(17)18)9-5-8(14)3-4-10(9)13/h3-7,11H,1-2H3,(H,17,18). The van der Waals surface area contributed by atoms with Crippen LogP contribution >= 0.6 is 27.5 Å². The largest absolute Gasteiger partial charge is 0.479 e. The Morgan fingerprint density at radius 2 is 2.11 bits per heavy atom. The molecule has 0 aromatic heterocycles. The van der Waals surface area contributed by atoms with Crippen molar-refractivity contribution in [2.75, 3.05) is 0 Å². The fourth-order valence-corrected chi connectivity index (χ4v) is 2.27. The Bertz CT molecular complexity index is 465. The molecule has 0 aliphatic carbocycles. The number of carboxylic acids is 1. The van der Waals surface area contributed by atoms with E-state index in [9.17, 15) is 14.7 Å². The van der Waals surface area contributed by atoms with E-state index in [1.54, 1.807) is 32.0 Å². The van der Waals surface area contributed by atoms with Crippen molar-refractivity contribution in [3.8, 4) is 0 Å². The number of carbonyl (C=O) groups excluding carboxylic acids is 1. The lowest BCUT2D eigenvalue weighted by Crippen LogP contribution is -2.38. The van der Waals surface area contributed by atoms with E-state index in [0.29, 0.717) is 21.5 Å². The average Bonchev–Trinajstić information content (AvgIpc) is 2.28. The van der Waals surface area contributed by atoms with Crippen LogP contribution < -0.4 is 0 Å². The molecule has 0 bridgehead atoms. The van der Waals surface area contributed by atoms with Crippen LogP contribution in [0.25, 0.3) is 0 Å². The van der Waals surface area contributed by atoms with Gasteiger partial charge in [-0.25, -0.2) is 4.79 Å². The Morgan fingerprint density at radius 1 is 1.50 bits per heavy atom. The highest BCUT2D eigenvalue weighted by molar-refractivity contribution is 9.10. The summed E-state index contributed by atoms with van der Waals surface area (Å²) in [7, 11) is 0. The lowest BCUT2D eigenvalue weighted by molar-refractivity contribution is -0.148. The molecule has 0 aliphatic rings. The summed E-state index contributed by atoms with van der Waals surface area (Å²) in [6.45, 7) is 3.51. The van der Waals surface area contributed by atoms with Crippen molar-refractivity contribution in [3.05, 3.63) is 33.3 Å². The first-order valence-corrected chi connectivity index (χ1v) is 6.46. The summed E-state index contributed by atoms with van der Waals surface area (Å²) in [5.74, 6) is -1.10. The SMILES string of the molecule is CC(C)N(C=O)C(C(=O)O)c1cc(Cl)ccc1Br.